The van der Waals surface area contributed by atoms with E-state index in [9.17, 15) is 2.74 Å². The van der Waals surface area contributed by atoms with Crippen LogP contribution in [0.15, 0.2) is 54.7 Å². The van der Waals surface area contributed by atoms with Gasteiger partial charge in [0.15, 0.2) is 6.17 Å². The van der Waals surface area contributed by atoms with Gasteiger partial charge in [0.25, 0.3) is 0 Å². The summed E-state index contributed by atoms with van der Waals surface area (Å²) in [7, 11) is 1.95. The van der Waals surface area contributed by atoms with E-state index < -0.39 is 0 Å². The predicted octanol–water partition coefficient (Wildman–Crippen LogP) is 10.8. The monoisotopic (exact) mass is 560 g/mol. The first kappa shape index (κ1) is 26.3. The molecule has 4 aromatic carbocycles. The normalized spacial score (nSPS) is 14.3. The van der Waals surface area contributed by atoms with Crippen molar-refractivity contribution in [3.63, 3.8) is 0 Å². The number of ether oxygens (including phenoxy) is 1. The Morgan fingerprint density at radius 1 is 0.762 bits per heavy atom. The summed E-state index contributed by atoms with van der Waals surface area (Å²) >= 11 is 0. The van der Waals surface area contributed by atoms with E-state index in [0.717, 1.165) is 63.6 Å². The highest BCUT2D eigenvalue weighted by atomic mass is 16.5. The van der Waals surface area contributed by atoms with E-state index in [1.807, 2.05) is 11.6 Å². The molecule has 1 aliphatic rings. The van der Waals surface area contributed by atoms with Gasteiger partial charge in [0.2, 0.25) is 5.69 Å². The first-order valence-electron chi connectivity index (χ1n) is 16.5. The summed E-state index contributed by atoms with van der Waals surface area (Å²) in [6.07, 6.45) is 2.97. The lowest BCUT2D eigenvalue weighted by atomic mass is 9.80. The number of aromatic nitrogens is 1. The maximum atomic E-state index is 9.31. The average Bonchev–Trinajstić information content (AvgIpc) is 2.89. The highest BCUT2D eigenvalue weighted by molar-refractivity contribution is 6.17. The molecule has 42 heavy (non-hydrogen) atoms. The van der Waals surface area contributed by atoms with E-state index in [1.165, 1.54) is 33.0 Å². The first-order chi connectivity index (χ1) is 20.3. The summed E-state index contributed by atoms with van der Waals surface area (Å²) in [6, 6.07) is 15.9. The molecule has 2 nitrogen and oxygen atoms in total. The molecule has 1 aliphatic heterocycles. The number of benzene rings is 4. The molecule has 0 unspecified atom stereocenters. The standard InChI is InChI=1S/C40H48NO/c1-24-30-19-25(21-38(2,3)4)15-16-28(30)31(23-40(8,9)10)37-33(24)36-35-29(17-18-41(36)11)34-26(20-32(35)42-37)13-12-14-27(34)22-39(5,6)7/h12-20H,21-23H2,1-11H3/q+1/i17D,18D. The Kier molecular flexibility index (Phi) is 5.98. The fraction of sp³-hybridized carbons (Fsp3) is 0.425. The molecule has 0 bridgehead atoms. The topological polar surface area (TPSA) is 13.1 Å². The molecule has 5 aromatic rings. The Labute approximate surface area is 255 Å². The van der Waals surface area contributed by atoms with Crippen LogP contribution in [0.1, 0.15) is 87.3 Å². The Balaban J connectivity index is 1.79. The van der Waals surface area contributed by atoms with E-state index in [-0.39, 0.29) is 28.5 Å². The molecular weight excluding hydrogens is 510 g/mol. The molecule has 2 heterocycles. The van der Waals surface area contributed by atoms with Crippen LogP contribution in [0.25, 0.3) is 43.6 Å². The van der Waals surface area contributed by atoms with Crippen LogP contribution in [0.3, 0.4) is 0 Å². The van der Waals surface area contributed by atoms with E-state index in [1.54, 1.807) is 0 Å². The Bertz CT molecular complexity index is 2000. The van der Waals surface area contributed by atoms with Crippen molar-refractivity contribution in [1.29, 1.82) is 0 Å². The van der Waals surface area contributed by atoms with Gasteiger partial charge in [-0.1, -0.05) is 98.7 Å². The maximum Gasteiger partial charge on any atom is 0.228 e. The highest BCUT2D eigenvalue weighted by Crippen LogP contribution is 2.53. The molecule has 0 amide bonds. The summed E-state index contributed by atoms with van der Waals surface area (Å²) < 4.78 is 27.5. The Morgan fingerprint density at radius 2 is 1.45 bits per heavy atom. The van der Waals surface area contributed by atoms with Gasteiger partial charge in [-0.05, 0) is 86.7 Å². The smallest absolute Gasteiger partial charge is 0.228 e. The number of hydrogen-bond acceptors (Lipinski definition) is 1. The molecule has 0 spiro atoms. The minimum absolute atomic E-state index is 0.0397. The van der Waals surface area contributed by atoms with Gasteiger partial charge in [-0.15, -0.1) is 0 Å². The minimum Gasteiger partial charge on any atom is -0.455 e. The Hall–Kier alpha value is -3.39. The first-order valence-corrected chi connectivity index (χ1v) is 15.5. The van der Waals surface area contributed by atoms with E-state index in [2.05, 4.69) is 112 Å². The van der Waals surface area contributed by atoms with Crippen molar-refractivity contribution < 1.29 is 12.0 Å². The fourth-order valence-corrected chi connectivity index (χ4v) is 7.00. The third kappa shape index (κ3) is 5.08. The fourth-order valence-electron chi connectivity index (χ4n) is 7.00. The molecule has 0 N–H and O–H groups in total. The number of fused-ring (bicyclic) bond motifs is 5. The van der Waals surface area contributed by atoms with E-state index >= 15 is 0 Å². The van der Waals surface area contributed by atoms with Crippen molar-refractivity contribution in [2.45, 2.75) is 88.5 Å². The third-order valence-electron chi connectivity index (χ3n) is 8.44. The van der Waals surface area contributed by atoms with Crippen molar-refractivity contribution in [1.82, 2.24) is 0 Å². The zero-order valence-electron chi connectivity index (χ0n) is 29.5. The molecule has 6 rings (SSSR count). The zero-order chi connectivity index (χ0) is 32.1. The second-order valence-electron chi connectivity index (χ2n) is 16.3. The quantitative estimate of drug-likeness (QED) is 0.155. The van der Waals surface area contributed by atoms with Crippen LogP contribution >= 0.6 is 0 Å². The van der Waals surface area contributed by atoms with Crippen LogP contribution in [0.2, 0.25) is 0 Å². The number of aryl methyl sites for hydroxylation is 1. The largest absolute Gasteiger partial charge is 0.455 e. The van der Waals surface area contributed by atoms with Gasteiger partial charge in [0, 0.05) is 17.0 Å². The molecule has 0 saturated carbocycles. The summed E-state index contributed by atoms with van der Waals surface area (Å²) in [5.41, 5.74) is 7.29. The van der Waals surface area contributed by atoms with E-state index in [4.69, 9.17) is 4.74 Å². The molecule has 0 fully saturated rings. The lowest BCUT2D eigenvalue weighted by Crippen LogP contribution is -2.32. The SMILES string of the molecule is [2H]c1c([2H])[n+](C)c2c3c(cc4cccc(CC(C)(C)C)c4c13)Oc1c-2c(C)c2cc(CC(C)(C)C)ccc2c1CC(C)(C)C. The molecule has 2 heteroatoms. The van der Waals surface area contributed by atoms with Crippen LogP contribution in [0.5, 0.6) is 11.5 Å². The van der Waals surface area contributed by atoms with Gasteiger partial charge in [0.1, 0.15) is 19.9 Å². The van der Waals surface area contributed by atoms with Gasteiger partial charge >= 0.3 is 0 Å². The lowest BCUT2D eigenvalue weighted by Gasteiger charge is -2.29. The number of nitrogens with zero attached hydrogens (tertiary/aromatic N) is 1. The number of hydrogen-bond donors (Lipinski definition) is 0. The van der Waals surface area contributed by atoms with Gasteiger partial charge in [0.05, 0.1) is 12.3 Å². The molecule has 0 aliphatic carbocycles. The van der Waals surface area contributed by atoms with Crippen molar-refractivity contribution in [2.75, 3.05) is 0 Å². The maximum absolute atomic E-state index is 9.31. The highest BCUT2D eigenvalue weighted by Gasteiger charge is 2.35. The van der Waals surface area contributed by atoms with Crippen LogP contribution in [-0.2, 0) is 26.3 Å². The molecule has 0 atom stereocenters. The summed E-state index contributed by atoms with van der Waals surface area (Å²) in [5.74, 6) is 1.69. The molecule has 1 aromatic heterocycles. The van der Waals surface area contributed by atoms with E-state index in [0.29, 0.717) is 0 Å². The Morgan fingerprint density at radius 3 is 2.12 bits per heavy atom. The van der Waals surface area contributed by atoms with Crippen LogP contribution in [0.4, 0.5) is 0 Å². The lowest BCUT2D eigenvalue weighted by molar-refractivity contribution is -0.659. The molecule has 218 valence electrons. The zero-order valence-corrected chi connectivity index (χ0v) is 27.5. The molecule has 0 saturated heterocycles. The van der Waals surface area contributed by atoms with Crippen molar-refractivity contribution in [3.8, 4) is 22.8 Å². The van der Waals surface area contributed by atoms with Crippen molar-refractivity contribution in [2.24, 2.45) is 23.3 Å². The van der Waals surface area contributed by atoms with Crippen molar-refractivity contribution in [3.05, 3.63) is 76.9 Å². The van der Waals surface area contributed by atoms with Crippen LogP contribution < -0.4 is 9.30 Å². The second kappa shape index (κ2) is 9.56. The van der Waals surface area contributed by atoms with Gasteiger partial charge in [-0.2, -0.15) is 0 Å². The number of pyridine rings is 1. The average molecular weight is 561 g/mol. The van der Waals surface area contributed by atoms with Crippen molar-refractivity contribution >= 4 is 32.3 Å². The summed E-state index contributed by atoms with van der Waals surface area (Å²) in [5, 5.41) is 6.42. The minimum atomic E-state index is 0.0397. The van der Waals surface area contributed by atoms with Gasteiger partial charge < -0.3 is 4.74 Å². The third-order valence-corrected chi connectivity index (χ3v) is 8.44. The summed E-state index contributed by atoms with van der Waals surface area (Å²) in [4.78, 5) is 0. The molecular formula is C40H48NO+. The number of rotatable bonds is 3. The summed E-state index contributed by atoms with van der Waals surface area (Å²) in [6.45, 7) is 22.7. The molecule has 0 radical (unpaired) electrons. The second-order valence-corrected chi connectivity index (χ2v) is 16.3. The van der Waals surface area contributed by atoms with Crippen LogP contribution in [-0.4, -0.2) is 0 Å². The van der Waals surface area contributed by atoms with Crippen LogP contribution in [0, 0.1) is 23.2 Å². The van der Waals surface area contributed by atoms with Gasteiger partial charge in [-0.3, -0.25) is 0 Å². The van der Waals surface area contributed by atoms with Gasteiger partial charge in [-0.25, -0.2) is 4.57 Å². The predicted molar refractivity (Wildman–Crippen MR) is 180 cm³/mol.